The van der Waals surface area contributed by atoms with Crippen molar-refractivity contribution in [2.75, 3.05) is 0 Å². The second-order valence-corrected chi connectivity index (χ2v) is 4.09. The molecule has 1 aromatic carbocycles. The van der Waals surface area contributed by atoms with Gasteiger partial charge in [0.2, 0.25) is 0 Å². The van der Waals surface area contributed by atoms with Gasteiger partial charge in [0.1, 0.15) is 11.5 Å². The third-order valence-electron chi connectivity index (χ3n) is 2.67. The highest BCUT2D eigenvalue weighted by atomic mass is 16.5. The maximum Gasteiger partial charge on any atom is 0.133 e. The first-order valence-electron chi connectivity index (χ1n) is 5.60. The molecule has 0 aliphatic carbocycles. The molecule has 0 saturated heterocycles. The van der Waals surface area contributed by atoms with Crippen molar-refractivity contribution in [3.8, 4) is 5.75 Å². The number of aromatic nitrogens is 1. The maximum absolute atomic E-state index is 9.71. The number of hydrogen-bond donors (Lipinski definition) is 2. The summed E-state index contributed by atoms with van der Waals surface area (Å²) in [5.74, 6) is 1.11. The Morgan fingerprint density at radius 2 is 2.18 bits per heavy atom. The Balaban J connectivity index is 1.98. The second-order valence-electron chi connectivity index (χ2n) is 4.09. The molecule has 2 aromatic rings. The summed E-state index contributed by atoms with van der Waals surface area (Å²) < 4.78 is 4.99. The lowest BCUT2D eigenvalue weighted by molar-refractivity contribution is 0.385. The van der Waals surface area contributed by atoms with Gasteiger partial charge in [0.05, 0.1) is 5.69 Å². The van der Waals surface area contributed by atoms with Crippen LogP contribution in [-0.2, 0) is 6.54 Å². The second kappa shape index (κ2) is 5.01. The number of aromatic hydroxyl groups is 1. The average molecular weight is 232 g/mol. The summed E-state index contributed by atoms with van der Waals surface area (Å²) in [5, 5.41) is 16.9. The predicted molar refractivity (Wildman–Crippen MR) is 64.6 cm³/mol. The average Bonchev–Trinajstić information content (AvgIpc) is 2.73. The lowest BCUT2D eigenvalue weighted by atomic mass is 10.1. The Morgan fingerprint density at radius 3 is 2.82 bits per heavy atom. The Bertz CT molecular complexity index is 494. The molecule has 1 heterocycles. The molecule has 0 aliphatic rings. The van der Waals surface area contributed by atoms with Crippen molar-refractivity contribution in [2.24, 2.45) is 0 Å². The summed E-state index contributed by atoms with van der Waals surface area (Å²) in [5.41, 5.74) is 1.75. The molecule has 17 heavy (non-hydrogen) atoms. The molecule has 0 fully saturated rings. The van der Waals surface area contributed by atoms with Gasteiger partial charge in [-0.15, -0.1) is 0 Å². The summed E-state index contributed by atoms with van der Waals surface area (Å²) in [4.78, 5) is 0. The summed E-state index contributed by atoms with van der Waals surface area (Å²) in [6.45, 7) is 4.48. The van der Waals surface area contributed by atoms with Gasteiger partial charge in [-0.3, -0.25) is 0 Å². The number of para-hydroxylation sites is 1. The summed E-state index contributed by atoms with van der Waals surface area (Å²) >= 11 is 0. The minimum Gasteiger partial charge on any atom is -0.508 e. The van der Waals surface area contributed by atoms with Gasteiger partial charge in [0, 0.05) is 24.2 Å². The van der Waals surface area contributed by atoms with Crippen LogP contribution in [-0.4, -0.2) is 10.3 Å². The molecule has 90 valence electrons. The smallest absolute Gasteiger partial charge is 0.133 e. The molecule has 0 radical (unpaired) electrons. The number of nitrogens with zero attached hydrogens (tertiary/aromatic N) is 1. The highest BCUT2D eigenvalue weighted by Gasteiger charge is 2.09. The van der Waals surface area contributed by atoms with Gasteiger partial charge in [-0.25, -0.2) is 0 Å². The van der Waals surface area contributed by atoms with Gasteiger partial charge >= 0.3 is 0 Å². The first-order valence-corrected chi connectivity index (χ1v) is 5.60. The van der Waals surface area contributed by atoms with Crippen molar-refractivity contribution in [1.29, 1.82) is 0 Å². The summed E-state index contributed by atoms with van der Waals surface area (Å²) in [6, 6.07) is 9.27. The minimum atomic E-state index is 0.0632. The predicted octanol–water partition coefficient (Wildman–Crippen LogP) is 2.54. The van der Waals surface area contributed by atoms with Crippen LogP contribution in [0.25, 0.3) is 0 Å². The third-order valence-corrected chi connectivity index (χ3v) is 2.67. The van der Waals surface area contributed by atoms with Crippen LogP contribution < -0.4 is 5.32 Å². The van der Waals surface area contributed by atoms with Crippen LogP contribution in [0.3, 0.4) is 0 Å². The Hall–Kier alpha value is -1.81. The van der Waals surface area contributed by atoms with E-state index >= 15 is 0 Å². The van der Waals surface area contributed by atoms with E-state index in [1.807, 2.05) is 38.1 Å². The van der Waals surface area contributed by atoms with Crippen molar-refractivity contribution >= 4 is 0 Å². The molecule has 0 spiro atoms. The molecule has 1 unspecified atom stereocenters. The fraction of sp³-hybridized carbons (Fsp3) is 0.308. The molecule has 1 aromatic heterocycles. The van der Waals surface area contributed by atoms with Gasteiger partial charge in [-0.05, 0) is 19.9 Å². The molecule has 1 atom stereocenters. The topological polar surface area (TPSA) is 58.3 Å². The number of aryl methyl sites for hydroxylation is 1. The normalized spacial score (nSPS) is 12.6. The summed E-state index contributed by atoms with van der Waals surface area (Å²) in [7, 11) is 0. The van der Waals surface area contributed by atoms with Crippen LogP contribution in [0.15, 0.2) is 34.9 Å². The van der Waals surface area contributed by atoms with Crippen LogP contribution in [0.2, 0.25) is 0 Å². The molecule has 0 aliphatic heterocycles. The molecule has 0 amide bonds. The fourth-order valence-electron chi connectivity index (χ4n) is 1.72. The highest BCUT2D eigenvalue weighted by Crippen LogP contribution is 2.23. The Labute approximate surface area is 100 Å². The van der Waals surface area contributed by atoms with Gasteiger partial charge < -0.3 is 14.9 Å². The van der Waals surface area contributed by atoms with E-state index < -0.39 is 0 Å². The van der Waals surface area contributed by atoms with Crippen LogP contribution in [0.1, 0.15) is 30.0 Å². The zero-order valence-electron chi connectivity index (χ0n) is 9.97. The molecule has 0 saturated carbocycles. The zero-order chi connectivity index (χ0) is 12.3. The number of rotatable bonds is 4. The number of phenols is 1. The van der Waals surface area contributed by atoms with E-state index in [1.165, 1.54) is 0 Å². The first-order chi connectivity index (χ1) is 8.16. The van der Waals surface area contributed by atoms with E-state index in [-0.39, 0.29) is 6.04 Å². The van der Waals surface area contributed by atoms with Gasteiger partial charge in [0.15, 0.2) is 0 Å². The van der Waals surface area contributed by atoms with Gasteiger partial charge in [0.25, 0.3) is 0 Å². The Morgan fingerprint density at radius 1 is 1.41 bits per heavy atom. The maximum atomic E-state index is 9.71. The van der Waals surface area contributed by atoms with Crippen molar-refractivity contribution in [3.63, 3.8) is 0 Å². The molecule has 4 heteroatoms. The van der Waals surface area contributed by atoms with Crippen LogP contribution >= 0.6 is 0 Å². The van der Waals surface area contributed by atoms with Crippen molar-refractivity contribution in [3.05, 3.63) is 47.3 Å². The quantitative estimate of drug-likeness (QED) is 0.850. The van der Waals surface area contributed by atoms with Crippen LogP contribution in [0.4, 0.5) is 0 Å². The van der Waals surface area contributed by atoms with Crippen molar-refractivity contribution in [2.45, 2.75) is 26.4 Å². The van der Waals surface area contributed by atoms with Gasteiger partial charge in [-0.1, -0.05) is 23.4 Å². The standard InChI is InChI=1S/C13H16N2O2/c1-9-7-11(15-17-9)8-14-10(2)12-5-3-4-6-13(12)16/h3-7,10,14,16H,8H2,1-2H3. The van der Waals surface area contributed by atoms with E-state index in [4.69, 9.17) is 4.52 Å². The molecular weight excluding hydrogens is 216 g/mol. The number of benzene rings is 1. The minimum absolute atomic E-state index is 0.0632. The fourth-order valence-corrected chi connectivity index (χ4v) is 1.72. The number of nitrogens with one attached hydrogen (secondary N) is 1. The van der Waals surface area contributed by atoms with Crippen molar-refractivity contribution in [1.82, 2.24) is 10.5 Å². The highest BCUT2D eigenvalue weighted by molar-refractivity contribution is 5.34. The lowest BCUT2D eigenvalue weighted by Gasteiger charge is -2.14. The van der Waals surface area contributed by atoms with E-state index in [0.717, 1.165) is 17.0 Å². The molecular formula is C13H16N2O2. The SMILES string of the molecule is Cc1cc(CNC(C)c2ccccc2O)no1. The zero-order valence-corrected chi connectivity index (χ0v) is 9.97. The van der Waals surface area contributed by atoms with Crippen molar-refractivity contribution < 1.29 is 9.63 Å². The van der Waals surface area contributed by atoms with Gasteiger partial charge in [-0.2, -0.15) is 0 Å². The first kappa shape index (κ1) is 11.7. The molecule has 4 nitrogen and oxygen atoms in total. The molecule has 2 N–H and O–H groups in total. The number of phenolic OH excluding ortho intramolecular Hbond substituents is 1. The third kappa shape index (κ3) is 2.85. The van der Waals surface area contributed by atoms with E-state index in [2.05, 4.69) is 10.5 Å². The molecule has 2 rings (SSSR count). The summed E-state index contributed by atoms with van der Waals surface area (Å²) in [6.07, 6.45) is 0. The largest absolute Gasteiger partial charge is 0.508 e. The van der Waals surface area contributed by atoms with Crippen LogP contribution in [0.5, 0.6) is 5.75 Å². The van der Waals surface area contributed by atoms with E-state index in [1.54, 1.807) is 6.07 Å². The van der Waals surface area contributed by atoms with E-state index in [9.17, 15) is 5.11 Å². The Kier molecular flexibility index (Phi) is 3.44. The van der Waals surface area contributed by atoms with Crippen LogP contribution in [0, 0.1) is 6.92 Å². The monoisotopic (exact) mass is 232 g/mol. The lowest BCUT2D eigenvalue weighted by Crippen LogP contribution is -2.18. The van der Waals surface area contributed by atoms with E-state index in [0.29, 0.717) is 12.3 Å². The molecule has 0 bridgehead atoms. The number of hydrogen-bond acceptors (Lipinski definition) is 4.